The number of aryl methyl sites for hydroxylation is 2. The molecule has 4 rings (SSSR count). The van der Waals surface area contributed by atoms with Crippen LogP contribution < -0.4 is 0 Å². The average Bonchev–Trinajstić information content (AvgIpc) is 2.98. The molecule has 1 heteroatoms. The molecule has 0 unspecified atom stereocenters. The predicted octanol–water partition coefficient (Wildman–Crippen LogP) is 6.04. The van der Waals surface area contributed by atoms with E-state index in [0.29, 0.717) is 17.3 Å². The molecule has 1 N–H and O–H groups in total. The normalized spacial score (nSPS) is 38.0. The minimum Gasteiger partial charge on any atom is -0.393 e. The lowest BCUT2D eigenvalue weighted by Gasteiger charge is -2.52. The summed E-state index contributed by atoms with van der Waals surface area (Å²) >= 11 is 0. The molecule has 0 amide bonds. The Morgan fingerprint density at radius 3 is 2.85 bits per heavy atom. The molecule has 0 aliphatic heterocycles. The lowest BCUT2D eigenvalue weighted by Crippen LogP contribution is -2.44. The van der Waals surface area contributed by atoms with Crippen LogP contribution in [0.3, 0.4) is 0 Å². The summed E-state index contributed by atoms with van der Waals surface area (Å²) < 4.78 is 0. The first-order valence-corrected chi connectivity index (χ1v) is 10.8. The van der Waals surface area contributed by atoms with Gasteiger partial charge in [-0.2, -0.15) is 0 Å². The number of fused-ring (bicyclic) bond motifs is 5. The van der Waals surface area contributed by atoms with Crippen molar-refractivity contribution in [3.63, 3.8) is 0 Å². The molecule has 142 valence electrons. The van der Waals surface area contributed by atoms with Gasteiger partial charge in [-0.3, -0.25) is 0 Å². The van der Waals surface area contributed by atoms with Crippen LogP contribution in [-0.2, 0) is 6.42 Å². The number of aliphatic hydroxyl groups excluding tert-OH is 1. The molecular weight excluding hydrogens is 316 g/mol. The van der Waals surface area contributed by atoms with Crippen LogP contribution in [0.25, 0.3) is 0 Å². The summed E-state index contributed by atoms with van der Waals surface area (Å²) in [6.45, 7) is 10.9. The molecule has 1 aromatic carbocycles. The van der Waals surface area contributed by atoms with E-state index in [-0.39, 0.29) is 6.10 Å². The lowest BCUT2D eigenvalue weighted by molar-refractivity contribution is -0.0188. The Bertz CT molecular complexity index is 677. The monoisotopic (exact) mass is 352 g/mol. The van der Waals surface area contributed by atoms with Gasteiger partial charge in [0.15, 0.2) is 0 Å². The molecule has 7 atom stereocenters. The number of hydrogen-bond acceptors (Lipinski definition) is 1. The number of aliphatic hydroxyl groups is 1. The second-order valence-electron chi connectivity index (χ2n) is 9.80. The fourth-order valence-electron chi connectivity index (χ4n) is 7.27. The van der Waals surface area contributed by atoms with E-state index in [1.165, 1.54) is 44.1 Å². The standard InChI is InChI=1S/C25H36O/c1-5-6-24(26)17(3)22-11-12-23-21-10-8-18-15-16(2)7-9-19(18)20(21)13-14-25(22,23)4/h5,7,9,15,17,20-24,26H,1,6,8,10-14H2,2-4H3/t17-,20+,21+,22+,23-,24+,25+/m0/s1. The van der Waals surface area contributed by atoms with E-state index in [0.717, 1.165) is 24.2 Å². The van der Waals surface area contributed by atoms with Gasteiger partial charge in [-0.15, -0.1) is 6.58 Å². The Balaban J connectivity index is 1.59. The summed E-state index contributed by atoms with van der Waals surface area (Å²) in [7, 11) is 0. The Hall–Kier alpha value is -1.08. The molecule has 3 aliphatic carbocycles. The van der Waals surface area contributed by atoms with Crippen molar-refractivity contribution in [3.8, 4) is 0 Å². The number of hydrogen-bond donors (Lipinski definition) is 1. The zero-order chi connectivity index (χ0) is 18.5. The van der Waals surface area contributed by atoms with Crippen LogP contribution in [0, 0.1) is 36.0 Å². The Morgan fingerprint density at radius 1 is 1.27 bits per heavy atom. The summed E-state index contributed by atoms with van der Waals surface area (Å²) in [5.41, 5.74) is 5.12. The summed E-state index contributed by atoms with van der Waals surface area (Å²) in [6, 6.07) is 7.19. The topological polar surface area (TPSA) is 20.2 Å². The van der Waals surface area contributed by atoms with Gasteiger partial charge in [-0.1, -0.05) is 43.7 Å². The van der Waals surface area contributed by atoms with Gasteiger partial charge in [0, 0.05) is 0 Å². The average molecular weight is 353 g/mol. The second-order valence-corrected chi connectivity index (χ2v) is 9.80. The summed E-state index contributed by atoms with van der Waals surface area (Å²) in [4.78, 5) is 0. The third kappa shape index (κ3) is 2.78. The molecule has 26 heavy (non-hydrogen) atoms. The van der Waals surface area contributed by atoms with Crippen molar-refractivity contribution in [2.45, 2.75) is 77.7 Å². The highest BCUT2D eigenvalue weighted by Gasteiger charge is 2.56. The molecule has 0 radical (unpaired) electrons. The van der Waals surface area contributed by atoms with E-state index in [2.05, 4.69) is 45.5 Å². The van der Waals surface area contributed by atoms with Crippen molar-refractivity contribution in [2.24, 2.45) is 29.1 Å². The van der Waals surface area contributed by atoms with E-state index < -0.39 is 0 Å². The van der Waals surface area contributed by atoms with Gasteiger partial charge in [0.05, 0.1) is 6.10 Å². The van der Waals surface area contributed by atoms with Crippen LogP contribution in [-0.4, -0.2) is 11.2 Å². The zero-order valence-corrected chi connectivity index (χ0v) is 16.9. The van der Waals surface area contributed by atoms with Crippen LogP contribution in [0.2, 0.25) is 0 Å². The fraction of sp³-hybridized carbons (Fsp3) is 0.680. The van der Waals surface area contributed by atoms with Gasteiger partial charge in [0.25, 0.3) is 0 Å². The smallest absolute Gasteiger partial charge is 0.0602 e. The molecule has 0 saturated heterocycles. The SMILES string of the molecule is C=CC[C@@H](O)[C@@H](C)[C@H]1CC[C@H]2[C@@H]3CCc4cc(C)ccc4[C@H]3CC[C@]12C. The molecule has 1 aromatic rings. The van der Waals surface area contributed by atoms with Gasteiger partial charge < -0.3 is 5.11 Å². The van der Waals surface area contributed by atoms with E-state index in [4.69, 9.17) is 0 Å². The van der Waals surface area contributed by atoms with Gasteiger partial charge in [0.1, 0.15) is 0 Å². The van der Waals surface area contributed by atoms with Gasteiger partial charge in [-0.25, -0.2) is 0 Å². The van der Waals surface area contributed by atoms with Crippen molar-refractivity contribution in [2.75, 3.05) is 0 Å². The fourth-order valence-corrected chi connectivity index (χ4v) is 7.27. The highest BCUT2D eigenvalue weighted by Crippen LogP contribution is 2.64. The highest BCUT2D eigenvalue weighted by molar-refractivity contribution is 5.37. The quantitative estimate of drug-likeness (QED) is 0.655. The van der Waals surface area contributed by atoms with Gasteiger partial charge in [0.2, 0.25) is 0 Å². The van der Waals surface area contributed by atoms with E-state index >= 15 is 0 Å². The van der Waals surface area contributed by atoms with Crippen molar-refractivity contribution in [1.82, 2.24) is 0 Å². The maximum atomic E-state index is 10.6. The summed E-state index contributed by atoms with van der Waals surface area (Å²) in [6.07, 6.45) is 10.4. The number of rotatable bonds is 4. The van der Waals surface area contributed by atoms with Gasteiger partial charge in [-0.05, 0) is 98.0 Å². The molecule has 0 heterocycles. The van der Waals surface area contributed by atoms with E-state index in [1.807, 2.05) is 6.08 Å². The number of benzene rings is 1. The van der Waals surface area contributed by atoms with Crippen LogP contribution in [0.1, 0.15) is 75.0 Å². The lowest BCUT2D eigenvalue weighted by atomic mass is 9.53. The third-order valence-corrected chi connectivity index (χ3v) is 8.61. The van der Waals surface area contributed by atoms with Crippen LogP contribution in [0.5, 0.6) is 0 Å². The summed E-state index contributed by atoms with van der Waals surface area (Å²) in [5.74, 6) is 3.54. The molecule has 3 aliphatic rings. The van der Waals surface area contributed by atoms with Crippen LogP contribution in [0.4, 0.5) is 0 Å². The Labute approximate surface area is 159 Å². The van der Waals surface area contributed by atoms with Crippen molar-refractivity contribution in [1.29, 1.82) is 0 Å². The molecule has 0 spiro atoms. The van der Waals surface area contributed by atoms with Crippen molar-refractivity contribution >= 4 is 0 Å². The van der Waals surface area contributed by atoms with E-state index in [1.54, 1.807) is 11.1 Å². The van der Waals surface area contributed by atoms with E-state index in [9.17, 15) is 5.11 Å². The van der Waals surface area contributed by atoms with Crippen molar-refractivity contribution in [3.05, 3.63) is 47.5 Å². The molecule has 0 aromatic heterocycles. The minimum atomic E-state index is -0.221. The zero-order valence-electron chi connectivity index (χ0n) is 16.9. The first-order valence-electron chi connectivity index (χ1n) is 10.8. The largest absolute Gasteiger partial charge is 0.393 e. The first kappa shape index (κ1) is 18.3. The Morgan fingerprint density at radius 2 is 2.08 bits per heavy atom. The maximum Gasteiger partial charge on any atom is 0.0602 e. The summed E-state index contributed by atoms with van der Waals surface area (Å²) in [5, 5.41) is 10.6. The molecule has 2 fully saturated rings. The first-order chi connectivity index (χ1) is 12.5. The molecule has 0 bridgehead atoms. The second kappa shape index (κ2) is 6.82. The Kier molecular flexibility index (Phi) is 4.80. The molecule has 2 saturated carbocycles. The molecule has 1 nitrogen and oxygen atoms in total. The van der Waals surface area contributed by atoms with Gasteiger partial charge >= 0.3 is 0 Å². The minimum absolute atomic E-state index is 0.221. The van der Waals surface area contributed by atoms with Crippen LogP contribution >= 0.6 is 0 Å². The van der Waals surface area contributed by atoms with Crippen LogP contribution in [0.15, 0.2) is 30.9 Å². The maximum absolute atomic E-state index is 10.6. The third-order valence-electron chi connectivity index (χ3n) is 8.61. The molecular formula is C25H36O. The van der Waals surface area contributed by atoms with Crippen molar-refractivity contribution < 1.29 is 5.11 Å². The highest BCUT2D eigenvalue weighted by atomic mass is 16.3. The predicted molar refractivity (Wildman–Crippen MR) is 109 cm³/mol.